The van der Waals surface area contributed by atoms with E-state index in [-0.39, 0.29) is 57.6 Å². The molecule has 1 aromatic heterocycles. The van der Waals surface area contributed by atoms with E-state index in [9.17, 15) is 28.8 Å². The minimum Gasteiger partial charge on any atom is -0.487 e. The minimum atomic E-state index is -1.43. The number of ether oxygens (including phenoxy) is 11. The summed E-state index contributed by atoms with van der Waals surface area (Å²) >= 11 is 0. The van der Waals surface area contributed by atoms with Gasteiger partial charge in [-0.15, -0.1) is 0 Å². The molecule has 21 heteroatoms. The SMILES string of the molecule is CCOC(=O)c1cc2c(C=O)ccc(OCc3ccc(O[C@@H]4O[C@H](COC(C)=O)[C@H](OC(C)=O)[C@H](OC(C)=O)[C@H]4OC(C)=O)cc3)c2n1CCOCCOCCOCCN=[N+]=[N-]. The molecule has 336 valence electrons. The summed E-state index contributed by atoms with van der Waals surface area (Å²) in [4.78, 5) is 76.0. The summed E-state index contributed by atoms with van der Waals surface area (Å²) in [5.41, 5.74) is 9.97. The number of carbonyl (C=O) groups excluding carboxylic acids is 6. The fraction of sp³-hybridized carbons (Fsp3) is 0.512. The van der Waals surface area contributed by atoms with E-state index in [4.69, 9.17) is 57.6 Å². The second-order valence-electron chi connectivity index (χ2n) is 13.3. The molecule has 3 aromatic rings. The number of carbonyl (C=O) groups is 6. The first-order valence-electron chi connectivity index (χ1n) is 19.6. The predicted molar refractivity (Wildman–Crippen MR) is 213 cm³/mol. The lowest BCUT2D eigenvalue weighted by Crippen LogP contribution is -2.63. The Kier molecular flexibility index (Phi) is 19.4. The van der Waals surface area contributed by atoms with Crippen molar-refractivity contribution in [3.8, 4) is 11.5 Å². The molecule has 4 rings (SSSR count). The molecule has 1 aliphatic heterocycles. The molecule has 21 nitrogen and oxygen atoms in total. The third kappa shape index (κ3) is 14.4. The van der Waals surface area contributed by atoms with Crippen LogP contribution in [-0.2, 0) is 75.0 Å². The van der Waals surface area contributed by atoms with Gasteiger partial charge >= 0.3 is 29.8 Å². The van der Waals surface area contributed by atoms with Gasteiger partial charge in [0.25, 0.3) is 0 Å². The van der Waals surface area contributed by atoms with Crippen molar-refractivity contribution < 1.29 is 80.9 Å². The molecule has 0 aliphatic carbocycles. The van der Waals surface area contributed by atoms with E-state index >= 15 is 0 Å². The summed E-state index contributed by atoms with van der Waals surface area (Å²) in [5.74, 6) is -2.98. The van der Waals surface area contributed by atoms with E-state index in [1.807, 2.05) is 0 Å². The largest absolute Gasteiger partial charge is 0.487 e. The fourth-order valence-corrected chi connectivity index (χ4v) is 6.29. The zero-order chi connectivity index (χ0) is 45.0. The second kappa shape index (κ2) is 24.9. The van der Waals surface area contributed by atoms with Crippen LogP contribution in [0.4, 0.5) is 0 Å². The molecule has 0 bridgehead atoms. The Balaban J connectivity index is 1.50. The molecular weight excluding hydrogens is 820 g/mol. The first-order chi connectivity index (χ1) is 29.9. The van der Waals surface area contributed by atoms with Crippen LogP contribution in [0.15, 0.2) is 47.6 Å². The average Bonchev–Trinajstić information content (AvgIpc) is 3.62. The zero-order valence-corrected chi connectivity index (χ0v) is 35.0. The third-order valence-electron chi connectivity index (χ3n) is 8.79. The lowest BCUT2D eigenvalue weighted by Gasteiger charge is -2.43. The van der Waals surface area contributed by atoms with Crippen molar-refractivity contribution in [2.45, 2.75) is 78.5 Å². The Morgan fingerprint density at radius 1 is 0.790 bits per heavy atom. The summed E-state index contributed by atoms with van der Waals surface area (Å²) in [6.45, 7) is 8.05. The van der Waals surface area contributed by atoms with Gasteiger partial charge in [-0.25, -0.2) is 4.79 Å². The number of nitrogens with zero attached hydrogens (tertiary/aromatic N) is 4. The number of hydrogen-bond donors (Lipinski definition) is 0. The van der Waals surface area contributed by atoms with Crippen LogP contribution in [0.5, 0.6) is 11.5 Å². The fourth-order valence-electron chi connectivity index (χ4n) is 6.29. The third-order valence-corrected chi connectivity index (χ3v) is 8.79. The van der Waals surface area contributed by atoms with Crippen molar-refractivity contribution in [3.05, 3.63) is 69.7 Å². The summed E-state index contributed by atoms with van der Waals surface area (Å²) < 4.78 is 63.5. The number of azide groups is 1. The highest BCUT2D eigenvalue weighted by molar-refractivity contribution is 6.04. The Morgan fingerprint density at radius 3 is 2.03 bits per heavy atom. The van der Waals surface area contributed by atoms with Crippen LogP contribution in [-0.4, -0.2) is 131 Å². The van der Waals surface area contributed by atoms with Crippen LogP contribution in [0, 0.1) is 0 Å². The number of esters is 5. The maximum atomic E-state index is 13.1. The molecule has 0 radical (unpaired) electrons. The number of aromatic nitrogens is 1. The summed E-state index contributed by atoms with van der Waals surface area (Å²) in [6, 6.07) is 11.3. The Bertz CT molecular complexity index is 2050. The van der Waals surface area contributed by atoms with Gasteiger partial charge in [-0.2, -0.15) is 0 Å². The van der Waals surface area contributed by atoms with Crippen LogP contribution >= 0.6 is 0 Å². The molecule has 1 aliphatic rings. The molecule has 0 amide bonds. The van der Waals surface area contributed by atoms with Crippen molar-refractivity contribution >= 4 is 47.0 Å². The van der Waals surface area contributed by atoms with Gasteiger partial charge in [-0.3, -0.25) is 24.0 Å². The van der Waals surface area contributed by atoms with Crippen molar-refractivity contribution in [2.75, 3.05) is 59.4 Å². The summed E-state index contributed by atoms with van der Waals surface area (Å²) in [5, 5.41) is 3.86. The molecule has 5 atom stereocenters. The van der Waals surface area contributed by atoms with Gasteiger partial charge in [-0.05, 0) is 48.4 Å². The highest BCUT2D eigenvalue weighted by Crippen LogP contribution is 2.34. The smallest absolute Gasteiger partial charge is 0.354 e. The Morgan fingerprint density at radius 2 is 1.42 bits per heavy atom. The van der Waals surface area contributed by atoms with Crippen molar-refractivity contribution in [1.82, 2.24) is 4.57 Å². The first-order valence-corrected chi connectivity index (χ1v) is 19.6. The molecule has 0 unspecified atom stereocenters. The topological polar surface area (TPSA) is 258 Å². The molecule has 1 saturated heterocycles. The van der Waals surface area contributed by atoms with Gasteiger partial charge in [0, 0.05) is 56.6 Å². The normalized spacial score (nSPS) is 18.2. The van der Waals surface area contributed by atoms with Gasteiger partial charge in [0.15, 0.2) is 18.5 Å². The zero-order valence-electron chi connectivity index (χ0n) is 35.0. The van der Waals surface area contributed by atoms with E-state index in [0.717, 1.165) is 20.8 Å². The van der Waals surface area contributed by atoms with E-state index in [1.54, 1.807) is 54.0 Å². The number of hydrogen-bond acceptors (Lipinski definition) is 18. The molecule has 62 heavy (non-hydrogen) atoms. The molecule has 2 aromatic carbocycles. The number of aldehydes is 1. The van der Waals surface area contributed by atoms with E-state index in [2.05, 4.69) is 10.0 Å². The Labute approximate surface area is 356 Å². The van der Waals surface area contributed by atoms with Crippen LogP contribution in [0.2, 0.25) is 0 Å². The maximum Gasteiger partial charge on any atom is 0.354 e. The van der Waals surface area contributed by atoms with Crippen LogP contribution in [0.3, 0.4) is 0 Å². The molecule has 2 heterocycles. The van der Waals surface area contributed by atoms with E-state index in [1.165, 1.54) is 6.92 Å². The minimum absolute atomic E-state index is 0.0257. The molecule has 1 fully saturated rings. The molecule has 0 saturated carbocycles. The summed E-state index contributed by atoms with van der Waals surface area (Å²) in [7, 11) is 0. The number of rotatable bonds is 25. The average molecular weight is 871 g/mol. The number of fused-ring (bicyclic) bond motifs is 1. The first kappa shape index (κ1) is 48.4. The van der Waals surface area contributed by atoms with Crippen LogP contribution < -0.4 is 9.47 Å². The standard InChI is InChI=1S/C41H50N4O17/c1-6-55-40(51)33-21-32-30(22-46)9-12-34(36(32)45(33)14-16-53-18-20-54-19-17-52-15-13-43-44-42)57-23-29-7-10-31(11-8-29)61-41-39(60-28(5)50)38(59-27(4)49)37(58-26(3)48)35(62-41)24-56-25(2)47/h7-12,21-22,35,37-39,41H,6,13-20,23-24H2,1-5H3/t35-,37+,38+,39-,41-/m1/s1. The van der Waals surface area contributed by atoms with Gasteiger partial charge in [0.2, 0.25) is 12.4 Å². The lowest BCUT2D eigenvalue weighted by atomic mass is 9.98. The van der Waals surface area contributed by atoms with Crippen LogP contribution in [0.25, 0.3) is 21.3 Å². The molecule has 0 N–H and O–H groups in total. The molecular formula is C41H50N4O17. The van der Waals surface area contributed by atoms with Crippen molar-refractivity contribution in [1.29, 1.82) is 0 Å². The predicted octanol–water partition coefficient (Wildman–Crippen LogP) is 4.03. The Hall–Kier alpha value is -6.25. The van der Waals surface area contributed by atoms with Crippen molar-refractivity contribution in [2.24, 2.45) is 5.11 Å². The maximum absolute atomic E-state index is 13.1. The quantitative estimate of drug-likeness (QED) is 0.0221. The molecule has 0 spiro atoms. The van der Waals surface area contributed by atoms with Crippen LogP contribution in [0.1, 0.15) is 61.0 Å². The van der Waals surface area contributed by atoms with Gasteiger partial charge < -0.3 is 56.7 Å². The summed E-state index contributed by atoms with van der Waals surface area (Å²) in [6.07, 6.45) is -6.10. The van der Waals surface area contributed by atoms with Gasteiger partial charge in [0.1, 0.15) is 36.5 Å². The monoisotopic (exact) mass is 870 g/mol. The van der Waals surface area contributed by atoms with E-state index < -0.39 is 67.2 Å². The lowest BCUT2D eigenvalue weighted by molar-refractivity contribution is -0.288. The van der Waals surface area contributed by atoms with Gasteiger partial charge in [0.05, 0.1) is 51.8 Å². The highest BCUT2D eigenvalue weighted by Gasteiger charge is 2.53. The number of benzene rings is 2. The second-order valence-corrected chi connectivity index (χ2v) is 13.3. The van der Waals surface area contributed by atoms with Crippen molar-refractivity contribution in [3.63, 3.8) is 0 Å². The van der Waals surface area contributed by atoms with Gasteiger partial charge in [-0.1, -0.05) is 17.2 Å². The highest BCUT2D eigenvalue weighted by atomic mass is 16.7. The van der Waals surface area contributed by atoms with E-state index in [0.29, 0.717) is 53.9 Å².